The summed E-state index contributed by atoms with van der Waals surface area (Å²) in [4.78, 5) is 24.4. The van der Waals surface area contributed by atoms with Crippen LogP contribution in [0.15, 0.2) is 73.3 Å². The molecule has 3 aromatic heterocycles. The van der Waals surface area contributed by atoms with Crippen LogP contribution in [0.4, 0.5) is 0 Å². The molecule has 156 valence electrons. The molecule has 0 unspecified atom stereocenters. The monoisotopic (exact) mass is 412 g/mol. The first-order valence-corrected chi connectivity index (χ1v) is 10.5. The molecule has 7 nitrogen and oxygen atoms in total. The van der Waals surface area contributed by atoms with E-state index < -0.39 is 0 Å². The van der Waals surface area contributed by atoms with Gasteiger partial charge in [0.2, 0.25) is 0 Å². The highest BCUT2D eigenvalue weighted by Gasteiger charge is 2.31. The molecule has 0 radical (unpaired) electrons. The van der Waals surface area contributed by atoms with Crippen LogP contribution in [0.3, 0.4) is 0 Å². The molecule has 0 spiro atoms. The zero-order valence-electron chi connectivity index (χ0n) is 17.4. The van der Waals surface area contributed by atoms with E-state index in [0.29, 0.717) is 12.1 Å². The van der Waals surface area contributed by atoms with Crippen LogP contribution in [-0.2, 0) is 6.54 Å². The number of amides is 1. The normalized spacial score (nSPS) is 16.0. The largest absolute Gasteiger partial charge is 0.330 e. The van der Waals surface area contributed by atoms with Crippen molar-refractivity contribution in [1.29, 1.82) is 0 Å². The lowest BCUT2D eigenvalue weighted by Gasteiger charge is -2.25. The molecule has 1 fully saturated rings. The van der Waals surface area contributed by atoms with Gasteiger partial charge in [-0.3, -0.25) is 14.0 Å². The first-order valence-electron chi connectivity index (χ1n) is 10.5. The molecular weight excluding hydrogens is 388 g/mol. The molecule has 31 heavy (non-hydrogen) atoms. The summed E-state index contributed by atoms with van der Waals surface area (Å²) in [5.74, 6) is 1.77. The number of imidazole rings is 1. The lowest BCUT2D eigenvalue weighted by Crippen LogP contribution is -2.31. The first kappa shape index (κ1) is 19.2. The molecule has 5 rings (SSSR count). The van der Waals surface area contributed by atoms with Crippen molar-refractivity contribution in [1.82, 2.24) is 29.2 Å². The Morgan fingerprint density at radius 2 is 1.94 bits per heavy atom. The van der Waals surface area contributed by atoms with Crippen molar-refractivity contribution in [3.8, 4) is 5.82 Å². The maximum atomic E-state index is 13.3. The third-order valence-corrected chi connectivity index (χ3v) is 5.79. The van der Waals surface area contributed by atoms with Crippen LogP contribution < -0.4 is 0 Å². The van der Waals surface area contributed by atoms with Gasteiger partial charge in [-0.05, 0) is 55.7 Å². The number of carbonyl (C=O) groups excluding carboxylic acids is 1. The van der Waals surface area contributed by atoms with Crippen LogP contribution in [0.25, 0.3) is 5.82 Å². The van der Waals surface area contributed by atoms with Crippen molar-refractivity contribution < 1.29 is 4.79 Å². The van der Waals surface area contributed by atoms with E-state index in [1.807, 2.05) is 82.0 Å². The Labute approximate surface area is 181 Å². The summed E-state index contributed by atoms with van der Waals surface area (Å²) in [5, 5.41) is 4.24. The Balaban J connectivity index is 1.35. The fourth-order valence-corrected chi connectivity index (χ4v) is 4.20. The fourth-order valence-electron chi connectivity index (χ4n) is 4.20. The van der Waals surface area contributed by atoms with Gasteiger partial charge in [0, 0.05) is 36.9 Å². The van der Waals surface area contributed by atoms with Crippen LogP contribution in [0.1, 0.15) is 46.3 Å². The van der Waals surface area contributed by atoms with Crippen molar-refractivity contribution in [3.63, 3.8) is 0 Å². The highest BCUT2D eigenvalue weighted by Crippen LogP contribution is 2.32. The van der Waals surface area contributed by atoms with Gasteiger partial charge >= 0.3 is 0 Å². The summed E-state index contributed by atoms with van der Waals surface area (Å²) in [6, 6.07) is 15.7. The first-order chi connectivity index (χ1) is 15.2. The number of pyridine rings is 1. The lowest BCUT2D eigenvalue weighted by atomic mass is 10.1. The summed E-state index contributed by atoms with van der Waals surface area (Å²) in [6.45, 7) is 3.39. The average molecular weight is 412 g/mol. The van der Waals surface area contributed by atoms with Gasteiger partial charge in [-0.1, -0.05) is 18.2 Å². The zero-order valence-corrected chi connectivity index (χ0v) is 17.4. The van der Waals surface area contributed by atoms with Crippen molar-refractivity contribution >= 4 is 5.91 Å². The third-order valence-electron chi connectivity index (χ3n) is 5.79. The van der Waals surface area contributed by atoms with E-state index in [9.17, 15) is 4.79 Å². The van der Waals surface area contributed by atoms with Crippen molar-refractivity contribution in [2.45, 2.75) is 32.4 Å². The third kappa shape index (κ3) is 3.86. The quantitative estimate of drug-likeness (QED) is 0.500. The Kier molecular flexibility index (Phi) is 5.08. The molecule has 7 heteroatoms. The van der Waals surface area contributed by atoms with Crippen LogP contribution in [0, 0.1) is 6.92 Å². The van der Waals surface area contributed by atoms with Crippen LogP contribution in [-0.4, -0.2) is 41.7 Å². The van der Waals surface area contributed by atoms with E-state index in [2.05, 4.69) is 10.1 Å². The zero-order chi connectivity index (χ0) is 21.2. The van der Waals surface area contributed by atoms with Gasteiger partial charge in [0.25, 0.3) is 5.91 Å². The number of carbonyl (C=O) groups is 1. The maximum Gasteiger partial charge on any atom is 0.254 e. The van der Waals surface area contributed by atoms with E-state index in [4.69, 9.17) is 4.98 Å². The van der Waals surface area contributed by atoms with Gasteiger partial charge in [-0.15, -0.1) is 0 Å². The minimum atomic E-state index is -0.0139. The number of nitrogens with zero attached hydrogens (tertiary/aromatic N) is 6. The fraction of sp³-hybridized carbons (Fsp3) is 0.250. The number of aryl methyl sites for hydroxylation is 1. The van der Waals surface area contributed by atoms with Gasteiger partial charge in [-0.25, -0.2) is 9.97 Å². The van der Waals surface area contributed by atoms with Crippen molar-refractivity contribution in [2.24, 2.45) is 0 Å². The molecule has 0 bridgehead atoms. The summed E-state index contributed by atoms with van der Waals surface area (Å²) >= 11 is 0. The average Bonchev–Trinajstić information content (AvgIpc) is 3.56. The second-order valence-corrected chi connectivity index (χ2v) is 7.82. The van der Waals surface area contributed by atoms with E-state index in [0.717, 1.165) is 42.3 Å². The van der Waals surface area contributed by atoms with Gasteiger partial charge < -0.3 is 4.90 Å². The molecule has 1 aromatic carbocycles. The van der Waals surface area contributed by atoms with E-state index in [1.165, 1.54) is 0 Å². The van der Waals surface area contributed by atoms with E-state index >= 15 is 0 Å². The number of hydrogen-bond acceptors (Lipinski definition) is 4. The molecule has 1 aliphatic heterocycles. The SMILES string of the molecule is Cc1nccn1-c1cccc([C@@H]2CCCN2C(=O)c2ccc(Cn3cccn3)cc2)n1. The number of hydrogen-bond donors (Lipinski definition) is 0. The molecular formula is C24H24N6O. The predicted molar refractivity (Wildman–Crippen MR) is 117 cm³/mol. The molecule has 0 N–H and O–H groups in total. The topological polar surface area (TPSA) is 68.8 Å². The number of benzene rings is 1. The predicted octanol–water partition coefficient (Wildman–Crippen LogP) is 3.80. The number of aromatic nitrogens is 5. The summed E-state index contributed by atoms with van der Waals surface area (Å²) in [6.07, 6.45) is 9.27. The van der Waals surface area contributed by atoms with Crippen molar-refractivity contribution in [2.75, 3.05) is 6.54 Å². The number of likely N-dealkylation sites (tertiary alicyclic amines) is 1. The Hall–Kier alpha value is -3.74. The summed E-state index contributed by atoms with van der Waals surface area (Å²) in [7, 11) is 0. The Bertz CT molecular complexity index is 1180. The van der Waals surface area contributed by atoms with Gasteiger partial charge in [0.15, 0.2) is 0 Å². The molecule has 1 aliphatic rings. The van der Waals surface area contributed by atoms with Crippen LogP contribution in [0.2, 0.25) is 0 Å². The second kappa shape index (κ2) is 8.18. The van der Waals surface area contributed by atoms with Gasteiger partial charge in [-0.2, -0.15) is 5.10 Å². The van der Waals surface area contributed by atoms with Gasteiger partial charge in [0.1, 0.15) is 11.6 Å². The lowest BCUT2D eigenvalue weighted by molar-refractivity contribution is 0.0733. The van der Waals surface area contributed by atoms with Crippen LogP contribution >= 0.6 is 0 Å². The van der Waals surface area contributed by atoms with Crippen molar-refractivity contribution in [3.05, 3.63) is 96.0 Å². The molecule has 0 saturated carbocycles. The Morgan fingerprint density at radius 3 is 2.68 bits per heavy atom. The molecule has 0 aliphatic carbocycles. The van der Waals surface area contributed by atoms with Crippen LogP contribution in [0.5, 0.6) is 0 Å². The molecule has 1 saturated heterocycles. The Morgan fingerprint density at radius 1 is 1.06 bits per heavy atom. The summed E-state index contributed by atoms with van der Waals surface area (Å²) in [5.41, 5.74) is 2.74. The minimum Gasteiger partial charge on any atom is -0.330 e. The van der Waals surface area contributed by atoms with E-state index in [-0.39, 0.29) is 11.9 Å². The second-order valence-electron chi connectivity index (χ2n) is 7.82. The van der Waals surface area contributed by atoms with E-state index in [1.54, 1.807) is 12.4 Å². The molecule has 1 atom stereocenters. The highest BCUT2D eigenvalue weighted by atomic mass is 16.2. The minimum absolute atomic E-state index is 0.0139. The standard InChI is InChI=1S/C24H24N6O/c1-18-25-13-16-29(18)23-7-2-5-21(27-23)22-6-3-15-30(22)24(31)20-10-8-19(9-11-20)17-28-14-4-12-26-28/h2,4-5,7-14,16,22H,3,6,15,17H2,1H3/t22-/m0/s1. The van der Waals surface area contributed by atoms with Gasteiger partial charge in [0.05, 0.1) is 18.3 Å². The smallest absolute Gasteiger partial charge is 0.254 e. The summed E-state index contributed by atoms with van der Waals surface area (Å²) < 4.78 is 3.83. The highest BCUT2D eigenvalue weighted by molar-refractivity contribution is 5.94. The molecule has 4 heterocycles. The molecule has 1 amide bonds. The molecule has 4 aromatic rings. The number of rotatable bonds is 5. The maximum absolute atomic E-state index is 13.3.